The first-order valence-electron chi connectivity index (χ1n) is 10.1. The van der Waals surface area contributed by atoms with Crippen molar-refractivity contribution in [3.63, 3.8) is 0 Å². The summed E-state index contributed by atoms with van der Waals surface area (Å²) in [5.41, 5.74) is 1.05. The van der Waals surface area contributed by atoms with E-state index in [9.17, 15) is 4.79 Å². The van der Waals surface area contributed by atoms with E-state index >= 15 is 0 Å². The minimum Gasteiger partial charge on any atom is -0.346 e. The van der Waals surface area contributed by atoms with Crippen molar-refractivity contribution in [2.75, 3.05) is 31.1 Å². The monoisotopic (exact) mass is 396 g/mol. The van der Waals surface area contributed by atoms with E-state index in [1.165, 1.54) is 11.1 Å². The third kappa shape index (κ3) is 3.26. The largest absolute Gasteiger partial charge is 0.346 e. The quantitative estimate of drug-likeness (QED) is 0.666. The third-order valence-electron chi connectivity index (χ3n) is 5.64. The lowest BCUT2D eigenvalue weighted by Gasteiger charge is -2.21. The van der Waals surface area contributed by atoms with Crippen LogP contribution in [-0.4, -0.2) is 56.7 Å². The number of para-hydroxylation sites is 1. The van der Waals surface area contributed by atoms with Crippen LogP contribution >= 0.6 is 11.3 Å². The summed E-state index contributed by atoms with van der Waals surface area (Å²) in [6, 6.07) is 8.24. The van der Waals surface area contributed by atoms with Gasteiger partial charge in [-0.3, -0.25) is 4.79 Å². The highest BCUT2D eigenvalue weighted by molar-refractivity contribution is 7.22. The number of nitrogens with zero attached hydrogens (tertiary/aromatic N) is 6. The number of anilines is 1. The van der Waals surface area contributed by atoms with Crippen LogP contribution in [0.15, 0.2) is 24.3 Å². The Labute approximate surface area is 168 Å². The van der Waals surface area contributed by atoms with Crippen molar-refractivity contribution in [2.24, 2.45) is 0 Å². The fourth-order valence-corrected chi connectivity index (χ4v) is 5.11. The third-order valence-corrected chi connectivity index (χ3v) is 6.73. The van der Waals surface area contributed by atoms with Gasteiger partial charge in [-0.2, -0.15) is 0 Å². The number of amides is 1. The van der Waals surface area contributed by atoms with Crippen molar-refractivity contribution >= 4 is 32.6 Å². The Bertz CT molecular complexity index is 963. The molecule has 0 unspecified atom stereocenters. The average Bonchev–Trinajstić information content (AvgIpc) is 3.13. The molecule has 0 spiro atoms. The van der Waals surface area contributed by atoms with E-state index < -0.39 is 0 Å². The number of aromatic nitrogens is 4. The van der Waals surface area contributed by atoms with Gasteiger partial charge in [0, 0.05) is 39.1 Å². The number of thiazole rings is 1. The summed E-state index contributed by atoms with van der Waals surface area (Å²) in [4.78, 5) is 22.2. The van der Waals surface area contributed by atoms with E-state index in [1.807, 2.05) is 15.5 Å². The summed E-state index contributed by atoms with van der Waals surface area (Å²) in [7, 11) is 0. The molecule has 0 aliphatic carbocycles. The molecule has 0 bridgehead atoms. The van der Waals surface area contributed by atoms with Crippen molar-refractivity contribution < 1.29 is 4.79 Å². The molecular weight excluding hydrogens is 372 g/mol. The van der Waals surface area contributed by atoms with E-state index in [0.717, 1.165) is 68.3 Å². The van der Waals surface area contributed by atoms with Crippen LogP contribution < -0.4 is 4.90 Å². The zero-order valence-electron chi connectivity index (χ0n) is 15.9. The number of carbonyl (C=O) groups excluding carboxylic acids is 1. The molecule has 1 aromatic carbocycles. The van der Waals surface area contributed by atoms with Crippen LogP contribution in [-0.2, 0) is 13.0 Å². The van der Waals surface area contributed by atoms with E-state index in [0.29, 0.717) is 12.4 Å². The summed E-state index contributed by atoms with van der Waals surface area (Å²) in [6.07, 6.45) is 5.27. The molecule has 1 saturated heterocycles. The fraction of sp³-hybridized carbons (Fsp3) is 0.500. The lowest BCUT2D eigenvalue weighted by Crippen LogP contribution is -2.36. The number of hydrogen-bond acceptors (Lipinski definition) is 6. The van der Waals surface area contributed by atoms with Gasteiger partial charge in [-0.05, 0) is 31.4 Å². The van der Waals surface area contributed by atoms with E-state index in [1.54, 1.807) is 11.3 Å². The van der Waals surface area contributed by atoms with Gasteiger partial charge in [0.2, 0.25) is 5.82 Å². The molecule has 7 nitrogen and oxygen atoms in total. The minimum atomic E-state index is 0.0202. The van der Waals surface area contributed by atoms with E-state index in [4.69, 9.17) is 4.98 Å². The van der Waals surface area contributed by atoms with Gasteiger partial charge in [-0.25, -0.2) is 4.98 Å². The molecule has 0 radical (unpaired) electrons. The van der Waals surface area contributed by atoms with Crippen LogP contribution in [0.4, 0.5) is 5.13 Å². The molecule has 8 heteroatoms. The van der Waals surface area contributed by atoms with Gasteiger partial charge in [0.15, 0.2) is 5.13 Å². The SMILES string of the molecule is O=C(c1nnc2n1CCCCC2)N1CCCN(c2nc3ccccc3s2)CC1. The molecule has 2 aliphatic heterocycles. The van der Waals surface area contributed by atoms with Crippen LogP contribution in [0.1, 0.15) is 42.1 Å². The van der Waals surface area contributed by atoms with Gasteiger partial charge >= 0.3 is 0 Å². The van der Waals surface area contributed by atoms with E-state index in [2.05, 4.69) is 33.3 Å². The van der Waals surface area contributed by atoms with E-state index in [-0.39, 0.29) is 5.91 Å². The first-order valence-corrected chi connectivity index (χ1v) is 10.9. The molecule has 3 aromatic rings. The first-order chi connectivity index (χ1) is 13.8. The van der Waals surface area contributed by atoms with Gasteiger partial charge in [-0.1, -0.05) is 29.9 Å². The molecule has 1 amide bonds. The van der Waals surface area contributed by atoms with Gasteiger partial charge in [0.1, 0.15) is 5.82 Å². The molecule has 0 atom stereocenters. The topological polar surface area (TPSA) is 67.2 Å². The number of hydrogen-bond donors (Lipinski definition) is 0. The zero-order valence-corrected chi connectivity index (χ0v) is 16.7. The molecule has 146 valence electrons. The summed E-state index contributed by atoms with van der Waals surface area (Å²) < 4.78 is 3.26. The molecule has 28 heavy (non-hydrogen) atoms. The normalized spacial score (nSPS) is 18.0. The summed E-state index contributed by atoms with van der Waals surface area (Å²) in [5, 5.41) is 9.59. The summed E-state index contributed by atoms with van der Waals surface area (Å²) >= 11 is 1.73. The summed E-state index contributed by atoms with van der Waals surface area (Å²) in [6.45, 7) is 4.02. The maximum absolute atomic E-state index is 13.2. The lowest BCUT2D eigenvalue weighted by molar-refractivity contribution is 0.0749. The van der Waals surface area contributed by atoms with Crippen LogP contribution in [0, 0.1) is 0 Å². The zero-order chi connectivity index (χ0) is 18.9. The number of carbonyl (C=O) groups is 1. The maximum atomic E-state index is 13.2. The Kier molecular flexibility index (Phi) is 4.72. The van der Waals surface area contributed by atoms with Crippen LogP contribution in [0.3, 0.4) is 0 Å². The Morgan fingerprint density at radius 1 is 0.929 bits per heavy atom. The van der Waals surface area contributed by atoms with Gasteiger partial charge in [0.05, 0.1) is 10.2 Å². The Balaban J connectivity index is 1.32. The van der Waals surface area contributed by atoms with Gasteiger partial charge in [0.25, 0.3) is 5.91 Å². The van der Waals surface area contributed by atoms with Gasteiger partial charge in [-0.15, -0.1) is 10.2 Å². The smallest absolute Gasteiger partial charge is 0.291 e. The molecule has 4 heterocycles. The fourth-order valence-electron chi connectivity index (χ4n) is 4.09. The molecule has 2 aromatic heterocycles. The van der Waals surface area contributed by atoms with Crippen molar-refractivity contribution in [2.45, 2.75) is 38.6 Å². The maximum Gasteiger partial charge on any atom is 0.291 e. The first kappa shape index (κ1) is 17.6. The second-order valence-corrected chi connectivity index (χ2v) is 8.51. The number of fused-ring (bicyclic) bond motifs is 2. The van der Waals surface area contributed by atoms with Crippen LogP contribution in [0.25, 0.3) is 10.2 Å². The second kappa shape index (κ2) is 7.50. The number of rotatable bonds is 2. The standard InChI is InChI=1S/C20H24N6OS/c27-19(18-23-22-17-9-2-1-5-12-26(17)18)24-10-6-11-25(14-13-24)20-21-15-7-3-4-8-16(15)28-20/h3-4,7-8H,1-2,5-6,9-14H2. The predicted octanol–water partition coefficient (Wildman–Crippen LogP) is 2.97. The molecular formula is C20H24N6OS. The molecule has 1 fully saturated rings. The van der Waals surface area contributed by atoms with Crippen molar-refractivity contribution in [1.29, 1.82) is 0 Å². The Morgan fingerprint density at radius 3 is 2.79 bits per heavy atom. The predicted molar refractivity (Wildman–Crippen MR) is 110 cm³/mol. The number of aryl methyl sites for hydroxylation is 1. The van der Waals surface area contributed by atoms with Gasteiger partial charge < -0.3 is 14.4 Å². The Morgan fingerprint density at radius 2 is 1.86 bits per heavy atom. The minimum absolute atomic E-state index is 0.0202. The highest BCUT2D eigenvalue weighted by Gasteiger charge is 2.27. The van der Waals surface area contributed by atoms with Crippen LogP contribution in [0.5, 0.6) is 0 Å². The Hall–Kier alpha value is -2.48. The second-order valence-electron chi connectivity index (χ2n) is 7.50. The highest BCUT2D eigenvalue weighted by atomic mass is 32.1. The molecule has 0 saturated carbocycles. The van der Waals surface area contributed by atoms with Crippen molar-refractivity contribution in [3.05, 3.63) is 35.9 Å². The van der Waals surface area contributed by atoms with Crippen molar-refractivity contribution in [1.82, 2.24) is 24.6 Å². The average molecular weight is 397 g/mol. The van der Waals surface area contributed by atoms with Crippen LogP contribution in [0.2, 0.25) is 0 Å². The molecule has 2 aliphatic rings. The highest BCUT2D eigenvalue weighted by Crippen LogP contribution is 2.29. The lowest BCUT2D eigenvalue weighted by atomic mass is 10.2. The molecule has 5 rings (SSSR count). The molecule has 0 N–H and O–H groups in total. The van der Waals surface area contributed by atoms with Crippen molar-refractivity contribution in [3.8, 4) is 0 Å². The summed E-state index contributed by atoms with van der Waals surface area (Å²) in [5.74, 6) is 1.50. The number of benzene rings is 1.